The first kappa shape index (κ1) is 16.0. The highest BCUT2D eigenvalue weighted by atomic mass is 127. The molecule has 0 unspecified atom stereocenters. The van der Waals surface area contributed by atoms with Gasteiger partial charge in [-0.3, -0.25) is 9.59 Å². The summed E-state index contributed by atoms with van der Waals surface area (Å²) >= 11 is 2.21. The number of amides is 1. The van der Waals surface area contributed by atoms with Crippen LogP contribution in [0.1, 0.15) is 44.2 Å². The summed E-state index contributed by atoms with van der Waals surface area (Å²) in [7, 11) is 0. The first-order chi connectivity index (χ1) is 10.6. The summed E-state index contributed by atoms with van der Waals surface area (Å²) in [4.78, 5) is 27.0. The molecule has 2 atom stereocenters. The van der Waals surface area contributed by atoms with Crippen LogP contribution in [0.15, 0.2) is 16.9 Å². The first-order valence-electron chi connectivity index (χ1n) is 8.23. The molecule has 5 heteroatoms. The van der Waals surface area contributed by atoms with Gasteiger partial charge in [0, 0.05) is 27.9 Å². The summed E-state index contributed by atoms with van der Waals surface area (Å²) < 4.78 is 2.65. The molecule has 2 heterocycles. The lowest BCUT2D eigenvalue weighted by Gasteiger charge is -2.44. The Morgan fingerprint density at radius 1 is 1.23 bits per heavy atom. The van der Waals surface area contributed by atoms with Crippen molar-refractivity contribution in [3.8, 4) is 0 Å². The molecule has 1 aliphatic heterocycles. The molecule has 4 nitrogen and oxygen atoms in total. The number of carbonyl (C=O) groups is 1. The molecule has 0 spiro atoms. The summed E-state index contributed by atoms with van der Waals surface area (Å²) in [5.74, 6) is 0.795. The molecule has 0 bridgehead atoms. The van der Waals surface area contributed by atoms with Crippen molar-refractivity contribution in [2.24, 2.45) is 5.92 Å². The van der Waals surface area contributed by atoms with Crippen LogP contribution in [0.25, 0.3) is 0 Å². The molecule has 0 aromatic carbocycles. The van der Waals surface area contributed by atoms with E-state index < -0.39 is 0 Å². The summed E-state index contributed by atoms with van der Waals surface area (Å²) in [5, 5.41) is 0. The van der Waals surface area contributed by atoms with Crippen molar-refractivity contribution in [3.63, 3.8) is 0 Å². The van der Waals surface area contributed by atoms with E-state index in [4.69, 9.17) is 0 Å². The lowest BCUT2D eigenvalue weighted by Crippen LogP contribution is -2.51. The number of rotatable bonds is 2. The SMILES string of the molecule is Cc1c(I)ccc(=O)n1CC(=O)N1CCC[C@H]2CCCC[C@H]21. The number of pyridine rings is 1. The highest BCUT2D eigenvalue weighted by molar-refractivity contribution is 14.1. The van der Waals surface area contributed by atoms with Crippen molar-refractivity contribution in [3.05, 3.63) is 31.8 Å². The van der Waals surface area contributed by atoms with Gasteiger partial charge >= 0.3 is 0 Å². The standard InChI is InChI=1S/C17H23IN2O2/c1-12-14(18)8-9-16(21)20(12)11-17(22)19-10-4-6-13-5-2-3-7-15(13)19/h8-9,13,15H,2-7,10-11H2,1H3/t13-,15-/m1/s1. The highest BCUT2D eigenvalue weighted by Gasteiger charge is 2.35. The van der Waals surface area contributed by atoms with Crippen molar-refractivity contribution in [1.29, 1.82) is 0 Å². The average molecular weight is 414 g/mol. The van der Waals surface area contributed by atoms with Crippen LogP contribution in [0.3, 0.4) is 0 Å². The lowest BCUT2D eigenvalue weighted by atomic mass is 9.78. The minimum Gasteiger partial charge on any atom is -0.338 e. The number of piperidine rings is 1. The molecular weight excluding hydrogens is 391 g/mol. The maximum absolute atomic E-state index is 12.8. The van der Waals surface area contributed by atoms with Gasteiger partial charge in [0.1, 0.15) is 6.54 Å². The van der Waals surface area contributed by atoms with Crippen LogP contribution >= 0.6 is 22.6 Å². The second-order valence-electron chi connectivity index (χ2n) is 6.53. The van der Waals surface area contributed by atoms with E-state index in [9.17, 15) is 9.59 Å². The molecule has 3 rings (SSSR count). The molecule has 120 valence electrons. The van der Waals surface area contributed by atoms with Crippen LogP contribution in [0, 0.1) is 16.4 Å². The Hall–Kier alpha value is -0.850. The van der Waals surface area contributed by atoms with Crippen LogP contribution in [0.4, 0.5) is 0 Å². The molecule has 1 saturated heterocycles. The Morgan fingerprint density at radius 2 is 1.95 bits per heavy atom. The van der Waals surface area contributed by atoms with Crippen LogP contribution in [0.2, 0.25) is 0 Å². The Bertz CT molecular complexity index is 624. The minimum absolute atomic E-state index is 0.0801. The normalized spacial score (nSPS) is 24.9. The van der Waals surface area contributed by atoms with Gasteiger partial charge in [0.25, 0.3) is 5.56 Å². The third kappa shape index (κ3) is 3.09. The lowest BCUT2D eigenvalue weighted by molar-refractivity contribution is -0.138. The van der Waals surface area contributed by atoms with Gasteiger partial charge in [0.05, 0.1) is 0 Å². The number of fused-ring (bicyclic) bond motifs is 1. The Balaban J connectivity index is 1.79. The number of likely N-dealkylation sites (tertiary alicyclic amines) is 1. The van der Waals surface area contributed by atoms with Crippen molar-refractivity contribution in [1.82, 2.24) is 9.47 Å². The van der Waals surface area contributed by atoms with E-state index in [-0.39, 0.29) is 18.0 Å². The first-order valence-corrected chi connectivity index (χ1v) is 9.31. The Kier molecular flexibility index (Phi) is 4.90. The minimum atomic E-state index is -0.0801. The summed E-state index contributed by atoms with van der Waals surface area (Å²) in [5.41, 5.74) is 0.808. The van der Waals surface area contributed by atoms with Gasteiger partial charge in [-0.05, 0) is 67.2 Å². The summed E-state index contributed by atoms with van der Waals surface area (Å²) in [6, 6.07) is 3.78. The van der Waals surface area contributed by atoms with Gasteiger partial charge in [-0.15, -0.1) is 0 Å². The zero-order valence-electron chi connectivity index (χ0n) is 13.1. The van der Waals surface area contributed by atoms with Gasteiger partial charge in [0.2, 0.25) is 5.91 Å². The number of aromatic nitrogens is 1. The van der Waals surface area contributed by atoms with E-state index in [1.54, 1.807) is 10.6 Å². The Morgan fingerprint density at radius 3 is 2.77 bits per heavy atom. The van der Waals surface area contributed by atoms with Crippen molar-refractivity contribution >= 4 is 28.5 Å². The molecular formula is C17H23IN2O2. The highest BCUT2D eigenvalue weighted by Crippen LogP contribution is 2.35. The van der Waals surface area contributed by atoms with Crippen LogP contribution in [-0.4, -0.2) is 28.0 Å². The molecule has 0 N–H and O–H groups in total. The fourth-order valence-corrected chi connectivity index (χ4v) is 4.48. The smallest absolute Gasteiger partial charge is 0.251 e. The van der Waals surface area contributed by atoms with Crippen LogP contribution < -0.4 is 5.56 Å². The summed E-state index contributed by atoms with van der Waals surface area (Å²) in [6.07, 6.45) is 7.29. The van der Waals surface area contributed by atoms with E-state index in [0.29, 0.717) is 12.0 Å². The average Bonchev–Trinajstić information content (AvgIpc) is 2.54. The van der Waals surface area contributed by atoms with E-state index in [1.807, 2.05) is 13.0 Å². The van der Waals surface area contributed by atoms with Crippen molar-refractivity contribution in [2.75, 3.05) is 6.54 Å². The van der Waals surface area contributed by atoms with Gasteiger partial charge in [-0.1, -0.05) is 12.8 Å². The Labute approximate surface area is 145 Å². The molecule has 1 aliphatic carbocycles. The number of nitrogens with zero attached hydrogens (tertiary/aromatic N) is 2. The molecule has 1 aromatic rings. The number of hydrogen-bond acceptors (Lipinski definition) is 2. The maximum Gasteiger partial charge on any atom is 0.251 e. The van der Waals surface area contributed by atoms with Crippen LogP contribution in [-0.2, 0) is 11.3 Å². The monoisotopic (exact) mass is 414 g/mol. The second kappa shape index (κ2) is 6.72. The molecule has 2 fully saturated rings. The fourth-order valence-electron chi connectivity index (χ4n) is 4.01. The van der Waals surface area contributed by atoms with Gasteiger partial charge in [-0.2, -0.15) is 0 Å². The zero-order valence-corrected chi connectivity index (χ0v) is 15.2. The van der Waals surface area contributed by atoms with Gasteiger partial charge in [-0.25, -0.2) is 0 Å². The quantitative estimate of drug-likeness (QED) is 0.699. The van der Waals surface area contributed by atoms with Gasteiger partial charge in [0.15, 0.2) is 0 Å². The van der Waals surface area contributed by atoms with E-state index in [2.05, 4.69) is 27.5 Å². The molecule has 1 aromatic heterocycles. The number of carbonyl (C=O) groups excluding carboxylic acids is 1. The topological polar surface area (TPSA) is 42.3 Å². The van der Waals surface area contributed by atoms with Crippen LogP contribution in [0.5, 0.6) is 0 Å². The number of halogens is 1. The molecule has 1 amide bonds. The fraction of sp³-hybridized carbons (Fsp3) is 0.647. The summed E-state index contributed by atoms with van der Waals surface area (Å²) in [6.45, 7) is 2.96. The largest absolute Gasteiger partial charge is 0.338 e. The predicted octanol–water partition coefficient (Wildman–Crippen LogP) is 2.94. The molecule has 1 saturated carbocycles. The third-order valence-corrected chi connectivity index (χ3v) is 6.39. The predicted molar refractivity (Wildman–Crippen MR) is 94.8 cm³/mol. The van der Waals surface area contributed by atoms with E-state index in [1.165, 1.54) is 25.7 Å². The van der Waals surface area contributed by atoms with E-state index >= 15 is 0 Å². The van der Waals surface area contributed by atoms with Gasteiger partial charge < -0.3 is 9.47 Å². The second-order valence-corrected chi connectivity index (χ2v) is 7.69. The molecule has 0 radical (unpaired) electrons. The number of hydrogen-bond donors (Lipinski definition) is 0. The van der Waals surface area contributed by atoms with E-state index in [0.717, 1.165) is 28.7 Å². The molecule has 22 heavy (non-hydrogen) atoms. The third-order valence-electron chi connectivity index (χ3n) is 5.25. The van der Waals surface area contributed by atoms with Crippen molar-refractivity contribution < 1.29 is 4.79 Å². The zero-order chi connectivity index (χ0) is 15.7. The molecule has 2 aliphatic rings. The van der Waals surface area contributed by atoms with Crippen molar-refractivity contribution in [2.45, 2.75) is 58.0 Å². The maximum atomic E-state index is 12.8.